The Hall–Kier alpha value is -1.98. The van der Waals surface area contributed by atoms with E-state index in [0.717, 1.165) is 18.9 Å². The molecule has 1 saturated carbocycles. The van der Waals surface area contributed by atoms with Gasteiger partial charge in [0.2, 0.25) is 0 Å². The fourth-order valence-corrected chi connectivity index (χ4v) is 2.70. The van der Waals surface area contributed by atoms with Gasteiger partial charge in [0.05, 0.1) is 5.56 Å². The lowest BCUT2D eigenvalue weighted by Gasteiger charge is -2.27. The van der Waals surface area contributed by atoms with Crippen molar-refractivity contribution in [2.75, 3.05) is 6.54 Å². The normalized spacial score (nSPS) is 15.2. The van der Waals surface area contributed by atoms with E-state index in [1.165, 1.54) is 11.8 Å². The third-order valence-corrected chi connectivity index (χ3v) is 3.81. The van der Waals surface area contributed by atoms with Crippen LogP contribution in [0.4, 0.5) is 8.78 Å². The third kappa shape index (κ3) is 3.37. The highest BCUT2D eigenvalue weighted by Gasteiger charge is 2.30. The van der Waals surface area contributed by atoms with Crippen LogP contribution < -0.4 is 0 Å². The first-order chi connectivity index (χ1) is 9.90. The number of carbonyl (C=O) groups is 2. The third-order valence-electron chi connectivity index (χ3n) is 3.81. The minimum atomic E-state index is -1.14. The van der Waals surface area contributed by atoms with Crippen molar-refractivity contribution in [2.24, 2.45) is 0 Å². The van der Waals surface area contributed by atoms with Crippen molar-refractivity contribution in [2.45, 2.75) is 38.6 Å². The minimum Gasteiger partial charge on any atom is -0.480 e. The number of nitrogens with zero attached hydrogens (tertiary/aromatic N) is 1. The Labute approximate surface area is 121 Å². The van der Waals surface area contributed by atoms with E-state index in [9.17, 15) is 18.4 Å². The maximum atomic E-state index is 13.8. The Morgan fingerprint density at radius 2 is 1.86 bits per heavy atom. The summed E-state index contributed by atoms with van der Waals surface area (Å²) in [5, 5.41) is 8.96. The van der Waals surface area contributed by atoms with E-state index < -0.39 is 30.1 Å². The van der Waals surface area contributed by atoms with Gasteiger partial charge in [-0.15, -0.1) is 0 Å². The number of aliphatic carboxylic acids is 1. The second-order valence-corrected chi connectivity index (χ2v) is 5.35. The van der Waals surface area contributed by atoms with Gasteiger partial charge in [-0.1, -0.05) is 12.8 Å². The quantitative estimate of drug-likeness (QED) is 0.929. The molecular formula is C15H17F2NO3. The molecule has 1 aliphatic carbocycles. The first kappa shape index (κ1) is 15.4. The first-order valence-electron chi connectivity index (χ1n) is 6.88. The average molecular weight is 297 g/mol. The van der Waals surface area contributed by atoms with Crippen LogP contribution in [0.15, 0.2) is 12.1 Å². The molecule has 0 atom stereocenters. The fraction of sp³-hybridized carbons (Fsp3) is 0.467. The Bertz CT molecular complexity index is 568. The maximum Gasteiger partial charge on any atom is 0.323 e. The van der Waals surface area contributed by atoms with E-state index in [4.69, 9.17) is 5.11 Å². The van der Waals surface area contributed by atoms with Crippen molar-refractivity contribution in [1.82, 2.24) is 4.90 Å². The van der Waals surface area contributed by atoms with Gasteiger partial charge in [-0.2, -0.15) is 0 Å². The number of aryl methyl sites for hydroxylation is 1. The van der Waals surface area contributed by atoms with Crippen molar-refractivity contribution in [3.8, 4) is 0 Å². The Kier molecular flexibility index (Phi) is 4.55. The molecule has 2 rings (SSSR count). The maximum absolute atomic E-state index is 13.8. The number of halogens is 2. The smallest absolute Gasteiger partial charge is 0.323 e. The van der Waals surface area contributed by atoms with Crippen LogP contribution in [0.3, 0.4) is 0 Å². The molecule has 0 aliphatic heterocycles. The number of amides is 1. The standard InChI is InChI=1S/C15H17F2NO3/c1-9-6-11(13(17)7-12(9)16)15(21)18(8-14(19)20)10-4-2-3-5-10/h6-7,10H,2-5,8H2,1H3,(H,19,20). The van der Waals surface area contributed by atoms with Crippen LogP contribution in [0.5, 0.6) is 0 Å². The zero-order chi connectivity index (χ0) is 15.6. The molecule has 6 heteroatoms. The number of rotatable bonds is 4. The highest BCUT2D eigenvalue weighted by atomic mass is 19.1. The summed E-state index contributed by atoms with van der Waals surface area (Å²) in [5.74, 6) is -3.52. The summed E-state index contributed by atoms with van der Waals surface area (Å²) in [5.41, 5.74) is -0.122. The summed E-state index contributed by atoms with van der Waals surface area (Å²) in [6.07, 6.45) is 3.25. The molecular weight excluding hydrogens is 280 g/mol. The highest BCUT2D eigenvalue weighted by Crippen LogP contribution is 2.26. The SMILES string of the molecule is Cc1cc(C(=O)N(CC(=O)O)C2CCCC2)c(F)cc1F. The van der Waals surface area contributed by atoms with Gasteiger partial charge in [-0.25, -0.2) is 8.78 Å². The summed E-state index contributed by atoms with van der Waals surface area (Å²) in [6.45, 7) is 0.960. The van der Waals surface area contributed by atoms with Crippen molar-refractivity contribution < 1.29 is 23.5 Å². The Morgan fingerprint density at radius 3 is 2.43 bits per heavy atom. The molecule has 4 nitrogen and oxygen atoms in total. The number of benzene rings is 1. The lowest BCUT2D eigenvalue weighted by Crippen LogP contribution is -2.42. The van der Waals surface area contributed by atoms with E-state index in [1.54, 1.807) is 0 Å². The van der Waals surface area contributed by atoms with Gasteiger partial charge in [0.15, 0.2) is 0 Å². The molecule has 0 heterocycles. The van der Waals surface area contributed by atoms with Gasteiger partial charge in [-0.3, -0.25) is 9.59 Å². The van der Waals surface area contributed by atoms with Gasteiger partial charge in [0.1, 0.15) is 18.2 Å². The fourth-order valence-electron chi connectivity index (χ4n) is 2.70. The monoisotopic (exact) mass is 297 g/mol. The predicted molar refractivity (Wildman–Crippen MR) is 72.0 cm³/mol. The predicted octanol–water partition coefficient (Wildman–Crippen LogP) is 2.74. The van der Waals surface area contributed by atoms with E-state index >= 15 is 0 Å². The van der Waals surface area contributed by atoms with Crippen LogP contribution in [-0.2, 0) is 4.79 Å². The van der Waals surface area contributed by atoms with Gasteiger partial charge in [0, 0.05) is 12.1 Å². The van der Waals surface area contributed by atoms with Gasteiger partial charge >= 0.3 is 5.97 Å². The van der Waals surface area contributed by atoms with Gasteiger partial charge in [-0.05, 0) is 31.4 Å². The molecule has 1 aromatic rings. The molecule has 1 fully saturated rings. The van der Waals surface area contributed by atoms with Crippen LogP contribution in [0.25, 0.3) is 0 Å². The topological polar surface area (TPSA) is 57.6 Å². The van der Waals surface area contributed by atoms with Crippen LogP contribution in [0.2, 0.25) is 0 Å². The molecule has 0 aromatic heterocycles. The lowest BCUT2D eigenvalue weighted by atomic mass is 10.1. The van der Waals surface area contributed by atoms with Crippen molar-refractivity contribution in [3.63, 3.8) is 0 Å². The van der Waals surface area contributed by atoms with E-state index in [0.29, 0.717) is 18.9 Å². The van der Waals surface area contributed by atoms with Gasteiger partial charge < -0.3 is 10.0 Å². The summed E-state index contributed by atoms with van der Waals surface area (Å²) in [4.78, 5) is 24.6. The highest BCUT2D eigenvalue weighted by molar-refractivity contribution is 5.96. The minimum absolute atomic E-state index is 0.154. The molecule has 0 unspecified atom stereocenters. The summed E-state index contributed by atoms with van der Waals surface area (Å²) < 4.78 is 27.1. The van der Waals surface area contributed by atoms with E-state index in [-0.39, 0.29) is 17.2 Å². The van der Waals surface area contributed by atoms with Crippen molar-refractivity contribution >= 4 is 11.9 Å². The molecule has 1 aliphatic rings. The molecule has 0 radical (unpaired) electrons. The Balaban J connectivity index is 2.33. The molecule has 1 N–H and O–H groups in total. The zero-order valence-corrected chi connectivity index (χ0v) is 11.7. The molecule has 1 aromatic carbocycles. The van der Waals surface area contributed by atoms with Crippen molar-refractivity contribution in [3.05, 3.63) is 34.9 Å². The Morgan fingerprint density at radius 1 is 1.24 bits per heavy atom. The summed E-state index contributed by atoms with van der Waals surface area (Å²) in [6, 6.07) is 1.60. The second-order valence-electron chi connectivity index (χ2n) is 5.35. The largest absolute Gasteiger partial charge is 0.480 e. The average Bonchev–Trinajstić information content (AvgIpc) is 2.93. The van der Waals surface area contributed by atoms with Crippen LogP contribution >= 0.6 is 0 Å². The summed E-state index contributed by atoms with van der Waals surface area (Å²) >= 11 is 0. The van der Waals surface area contributed by atoms with Crippen LogP contribution in [0, 0.1) is 18.6 Å². The number of carboxylic acid groups (broad SMARTS) is 1. The number of hydrogen-bond acceptors (Lipinski definition) is 2. The molecule has 0 saturated heterocycles. The van der Waals surface area contributed by atoms with Crippen LogP contribution in [0.1, 0.15) is 41.6 Å². The molecule has 21 heavy (non-hydrogen) atoms. The number of carbonyl (C=O) groups excluding carboxylic acids is 1. The molecule has 114 valence electrons. The number of hydrogen-bond donors (Lipinski definition) is 1. The lowest BCUT2D eigenvalue weighted by molar-refractivity contribution is -0.138. The molecule has 0 spiro atoms. The van der Waals surface area contributed by atoms with E-state index in [2.05, 4.69) is 0 Å². The first-order valence-corrected chi connectivity index (χ1v) is 6.88. The van der Waals surface area contributed by atoms with Gasteiger partial charge in [0.25, 0.3) is 5.91 Å². The molecule has 0 bridgehead atoms. The number of carboxylic acids is 1. The van der Waals surface area contributed by atoms with Crippen molar-refractivity contribution in [1.29, 1.82) is 0 Å². The van der Waals surface area contributed by atoms with Crippen LogP contribution in [-0.4, -0.2) is 34.5 Å². The zero-order valence-electron chi connectivity index (χ0n) is 11.7. The molecule has 1 amide bonds. The summed E-state index contributed by atoms with van der Waals surface area (Å²) in [7, 11) is 0. The second kappa shape index (κ2) is 6.20. The van der Waals surface area contributed by atoms with E-state index in [1.807, 2.05) is 0 Å².